The summed E-state index contributed by atoms with van der Waals surface area (Å²) in [6.45, 7) is 3.10. The zero-order valence-electron chi connectivity index (χ0n) is 14.6. The second-order valence-electron chi connectivity index (χ2n) is 7.31. The third kappa shape index (κ3) is 4.12. The molecule has 0 aliphatic carbocycles. The van der Waals surface area contributed by atoms with Crippen LogP contribution in [0.3, 0.4) is 0 Å². The van der Waals surface area contributed by atoms with Gasteiger partial charge in [0.15, 0.2) is 11.6 Å². The van der Waals surface area contributed by atoms with Gasteiger partial charge in [-0.2, -0.15) is 0 Å². The molecule has 0 aromatic heterocycles. The summed E-state index contributed by atoms with van der Waals surface area (Å²) >= 11 is 0. The van der Waals surface area contributed by atoms with Crippen LogP contribution in [0.2, 0.25) is 0 Å². The summed E-state index contributed by atoms with van der Waals surface area (Å²) in [6, 6.07) is 3.54. The summed E-state index contributed by atoms with van der Waals surface area (Å²) in [7, 11) is 0. The summed E-state index contributed by atoms with van der Waals surface area (Å²) < 4.78 is 27.4. The van der Waals surface area contributed by atoms with E-state index in [1.807, 2.05) is 0 Å². The fourth-order valence-electron chi connectivity index (χ4n) is 4.11. The molecule has 0 bridgehead atoms. The van der Waals surface area contributed by atoms with Gasteiger partial charge in [0.1, 0.15) is 0 Å². The number of halogens is 2. The molecule has 6 nitrogen and oxygen atoms in total. The SMILES string of the molecule is NC(=O)NCC(=O)N1CCC2(CCCN(Cc3cccc(F)c3F)C2)C1. The first-order chi connectivity index (χ1) is 12.4. The first kappa shape index (κ1) is 18.6. The lowest BCUT2D eigenvalue weighted by Gasteiger charge is -2.40. The van der Waals surface area contributed by atoms with Crippen LogP contribution in [-0.4, -0.2) is 54.5 Å². The Kier molecular flexibility index (Phi) is 5.41. The molecule has 26 heavy (non-hydrogen) atoms. The topological polar surface area (TPSA) is 78.7 Å². The monoisotopic (exact) mass is 366 g/mol. The Balaban J connectivity index is 1.60. The molecule has 1 spiro atoms. The van der Waals surface area contributed by atoms with Gasteiger partial charge in [0.25, 0.3) is 0 Å². The lowest BCUT2D eigenvalue weighted by molar-refractivity contribution is -0.129. The molecule has 2 aliphatic rings. The van der Waals surface area contributed by atoms with Crippen LogP contribution in [0.1, 0.15) is 24.8 Å². The summed E-state index contributed by atoms with van der Waals surface area (Å²) in [5.41, 5.74) is 5.34. The third-order valence-corrected chi connectivity index (χ3v) is 5.37. The summed E-state index contributed by atoms with van der Waals surface area (Å²) in [5, 5.41) is 2.33. The highest BCUT2D eigenvalue weighted by Crippen LogP contribution is 2.39. The lowest BCUT2D eigenvalue weighted by Crippen LogP contribution is -2.46. The molecule has 1 unspecified atom stereocenters. The largest absolute Gasteiger partial charge is 0.352 e. The van der Waals surface area contributed by atoms with E-state index in [4.69, 9.17) is 5.73 Å². The van der Waals surface area contributed by atoms with E-state index < -0.39 is 17.7 Å². The number of piperidine rings is 1. The van der Waals surface area contributed by atoms with Crippen molar-refractivity contribution in [2.75, 3.05) is 32.7 Å². The van der Waals surface area contributed by atoms with Crippen molar-refractivity contribution in [3.05, 3.63) is 35.4 Å². The van der Waals surface area contributed by atoms with Gasteiger partial charge in [-0.05, 0) is 31.9 Å². The molecule has 2 aliphatic heterocycles. The van der Waals surface area contributed by atoms with Crippen LogP contribution in [0.5, 0.6) is 0 Å². The molecule has 3 N–H and O–H groups in total. The fraction of sp³-hybridized carbons (Fsp3) is 0.556. The number of nitrogens with one attached hydrogen (secondary N) is 1. The Morgan fingerprint density at radius 2 is 2.00 bits per heavy atom. The van der Waals surface area contributed by atoms with Crippen molar-refractivity contribution in [3.8, 4) is 0 Å². The molecular formula is C18H24F2N4O2. The van der Waals surface area contributed by atoms with Crippen LogP contribution >= 0.6 is 0 Å². The third-order valence-electron chi connectivity index (χ3n) is 5.37. The van der Waals surface area contributed by atoms with Crippen molar-refractivity contribution in [2.45, 2.75) is 25.8 Å². The fourth-order valence-corrected chi connectivity index (χ4v) is 4.11. The first-order valence-corrected chi connectivity index (χ1v) is 8.85. The van der Waals surface area contributed by atoms with Crippen LogP contribution in [0.25, 0.3) is 0 Å². The Morgan fingerprint density at radius 3 is 2.77 bits per heavy atom. The number of nitrogens with two attached hydrogens (primary N) is 1. The number of nitrogens with zero attached hydrogens (tertiary/aromatic N) is 2. The van der Waals surface area contributed by atoms with Crippen molar-refractivity contribution in [3.63, 3.8) is 0 Å². The molecule has 3 amide bonds. The first-order valence-electron chi connectivity index (χ1n) is 8.85. The minimum atomic E-state index is -0.825. The van der Waals surface area contributed by atoms with E-state index in [0.717, 1.165) is 38.4 Å². The van der Waals surface area contributed by atoms with Gasteiger partial charge < -0.3 is 16.0 Å². The van der Waals surface area contributed by atoms with E-state index in [-0.39, 0.29) is 17.9 Å². The maximum Gasteiger partial charge on any atom is 0.312 e. The zero-order valence-corrected chi connectivity index (χ0v) is 14.6. The van der Waals surface area contributed by atoms with Crippen LogP contribution in [-0.2, 0) is 11.3 Å². The number of hydrogen-bond donors (Lipinski definition) is 2. The Bertz CT molecular complexity index is 700. The second kappa shape index (κ2) is 7.57. The van der Waals surface area contributed by atoms with Crippen molar-refractivity contribution < 1.29 is 18.4 Å². The van der Waals surface area contributed by atoms with Gasteiger partial charge in [-0.3, -0.25) is 9.69 Å². The van der Waals surface area contributed by atoms with Gasteiger partial charge in [0.05, 0.1) is 6.54 Å². The average Bonchev–Trinajstić information content (AvgIpc) is 3.00. The van der Waals surface area contributed by atoms with E-state index in [1.165, 1.54) is 6.07 Å². The number of primary amides is 1. The number of urea groups is 1. The molecular weight excluding hydrogens is 342 g/mol. The highest BCUT2D eigenvalue weighted by Gasteiger charge is 2.42. The van der Waals surface area contributed by atoms with Crippen LogP contribution in [0.15, 0.2) is 18.2 Å². The molecule has 3 rings (SSSR count). The summed E-state index contributed by atoms with van der Waals surface area (Å²) in [5.74, 6) is -1.75. The second-order valence-corrected chi connectivity index (χ2v) is 7.31. The van der Waals surface area contributed by atoms with Gasteiger partial charge in [0, 0.05) is 37.2 Å². The molecule has 0 radical (unpaired) electrons. The average molecular weight is 366 g/mol. The normalized spacial score (nSPS) is 23.4. The summed E-state index contributed by atoms with van der Waals surface area (Å²) in [6.07, 6.45) is 2.83. The van der Waals surface area contributed by atoms with E-state index in [9.17, 15) is 18.4 Å². The maximum absolute atomic E-state index is 13.9. The lowest BCUT2D eigenvalue weighted by atomic mass is 9.79. The van der Waals surface area contributed by atoms with Gasteiger partial charge in [0.2, 0.25) is 5.91 Å². The quantitative estimate of drug-likeness (QED) is 0.847. The minimum Gasteiger partial charge on any atom is -0.352 e. The molecule has 2 fully saturated rings. The summed E-state index contributed by atoms with van der Waals surface area (Å²) in [4.78, 5) is 26.8. The van der Waals surface area contributed by atoms with Gasteiger partial charge >= 0.3 is 6.03 Å². The number of likely N-dealkylation sites (tertiary alicyclic amines) is 2. The molecule has 1 aromatic carbocycles. The molecule has 2 heterocycles. The van der Waals surface area contributed by atoms with Crippen molar-refractivity contribution in [2.24, 2.45) is 11.1 Å². The van der Waals surface area contributed by atoms with Crippen molar-refractivity contribution >= 4 is 11.9 Å². The number of amides is 3. The molecule has 1 aromatic rings. The van der Waals surface area contributed by atoms with Crippen molar-refractivity contribution in [1.82, 2.24) is 15.1 Å². The zero-order chi connectivity index (χ0) is 18.7. The van der Waals surface area contributed by atoms with E-state index in [0.29, 0.717) is 25.2 Å². The van der Waals surface area contributed by atoms with Gasteiger partial charge in [-0.15, -0.1) is 0 Å². The predicted molar refractivity (Wildman–Crippen MR) is 92.1 cm³/mol. The number of carbonyl (C=O) groups is 2. The number of carbonyl (C=O) groups excluding carboxylic acids is 2. The van der Waals surface area contributed by atoms with Crippen LogP contribution in [0, 0.1) is 17.0 Å². The maximum atomic E-state index is 13.9. The Hall–Kier alpha value is -2.22. The van der Waals surface area contributed by atoms with Crippen LogP contribution in [0.4, 0.5) is 13.6 Å². The molecule has 2 saturated heterocycles. The minimum absolute atomic E-state index is 0.0234. The predicted octanol–water partition coefficient (Wildman–Crippen LogP) is 1.45. The molecule has 1 atom stereocenters. The smallest absolute Gasteiger partial charge is 0.312 e. The molecule has 0 saturated carbocycles. The molecule has 8 heteroatoms. The van der Waals surface area contributed by atoms with Gasteiger partial charge in [-0.1, -0.05) is 12.1 Å². The van der Waals surface area contributed by atoms with Crippen molar-refractivity contribution in [1.29, 1.82) is 0 Å². The highest BCUT2D eigenvalue weighted by atomic mass is 19.2. The molecule has 142 valence electrons. The Morgan fingerprint density at radius 1 is 1.19 bits per heavy atom. The standard InChI is InChI=1S/C18H24F2N4O2/c19-14-4-1-3-13(16(14)20)10-23-7-2-5-18(11-23)6-8-24(12-18)15(25)9-22-17(21)26/h1,3-4H,2,5-12H2,(H3,21,22,26). The number of hydrogen-bond acceptors (Lipinski definition) is 3. The van der Waals surface area contributed by atoms with Gasteiger partial charge in [-0.25, -0.2) is 13.6 Å². The van der Waals surface area contributed by atoms with E-state index in [1.54, 1.807) is 11.0 Å². The van der Waals surface area contributed by atoms with Crippen LogP contribution < -0.4 is 11.1 Å². The van der Waals surface area contributed by atoms with E-state index in [2.05, 4.69) is 10.2 Å². The Labute approximate surface area is 151 Å². The number of rotatable bonds is 4. The number of benzene rings is 1. The highest BCUT2D eigenvalue weighted by molar-refractivity contribution is 5.83. The van der Waals surface area contributed by atoms with E-state index >= 15 is 0 Å².